The summed E-state index contributed by atoms with van der Waals surface area (Å²) in [4.78, 5) is 0. The molecule has 3 aromatic rings. The summed E-state index contributed by atoms with van der Waals surface area (Å²) < 4.78 is 1.62. The minimum atomic E-state index is -0.852. The normalized spacial score (nSPS) is 12.3. The van der Waals surface area contributed by atoms with Crippen LogP contribution in [0.1, 0.15) is 28.7 Å². The highest BCUT2D eigenvalue weighted by Crippen LogP contribution is 2.25. The van der Waals surface area contributed by atoms with Crippen molar-refractivity contribution in [3.8, 4) is 5.69 Å². The number of hydrogen-bond acceptors (Lipinski definition) is 5. The molecular weight excluding hydrogens is 266 g/mol. The third-order valence-electron chi connectivity index (χ3n) is 3.29. The Morgan fingerprint density at radius 1 is 1.10 bits per heavy atom. The maximum absolute atomic E-state index is 10.7. The van der Waals surface area contributed by atoms with Gasteiger partial charge in [0.1, 0.15) is 6.10 Å². The third-order valence-corrected chi connectivity index (χ3v) is 3.29. The Kier molecular flexibility index (Phi) is 3.45. The number of hydrogen-bond donors (Lipinski definition) is 1. The molecule has 0 bridgehead atoms. The summed E-state index contributed by atoms with van der Waals surface area (Å²) in [6.45, 7) is 3.66. The van der Waals surface area contributed by atoms with Crippen molar-refractivity contribution in [2.45, 2.75) is 20.0 Å². The molecule has 0 saturated heterocycles. The first-order valence-electron chi connectivity index (χ1n) is 6.61. The summed E-state index contributed by atoms with van der Waals surface area (Å²) in [5, 5.41) is 26.7. The van der Waals surface area contributed by atoms with Gasteiger partial charge in [-0.3, -0.25) is 0 Å². The molecule has 0 saturated carbocycles. The Morgan fingerprint density at radius 3 is 2.62 bits per heavy atom. The van der Waals surface area contributed by atoms with Crippen LogP contribution < -0.4 is 0 Å². The van der Waals surface area contributed by atoms with E-state index in [2.05, 4.69) is 20.5 Å². The maximum atomic E-state index is 10.7. The van der Waals surface area contributed by atoms with Crippen LogP contribution in [0.25, 0.3) is 5.69 Å². The van der Waals surface area contributed by atoms with Crippen molar-refractivity contribution in [1.82, 2.24) is 25.2 Å². The highest BCUT2D eigenvalue weighted by atomic mass is 16.3. The third kappa shape index (κ3) is 2.53. The van der Waals surface area contributed by atoms with Gasteiger partial charge in [-0.2, -0.15) is 10.2 Å². The molecule has 0 fully saturated rings. The molecule has 0 aliphatic heterocycles. The van der Waals surface area contributed by atoms with Crippen molar-refractivity contribution in [3.05, 3.63) is 65.2 Å². The van der Waals surface area contributed by atoms with Crippen LogP contribution in [0.4, 0.5) is 0 Å². The van der Waals surface area contributed by atoms with E-state index in [1.54, 1.807) is 10.9 Å². The van der Waals surface area contributed by atoms with Crippen molar-refractivity contribution in [2.24, 2.45) is 0 Å². The molecule has 0 spiro atoms. The fourth-order valence-electron chi connectivity index (χ4n) is 2.21. The van der Waals surface area contributed by atoms with Gasteiger partial charge in [0.15, 0.2) is 0 Å². The largest absolute Gasteiger partial charge is 0.382 e. The average Bonchev–Trinajstić information content (AvgIpc) is 2.99. The smallest absolute Gasteiger partial charge is 0.125 e. The van der Waals surface area contributed by atoms with Gasteiger partial charge in [0.05, 0.1) is 29.0 Å². The molecule has 0 aliphatic rings. The standard InChI is InChI=1S/C15H15N5O/c1-10-8-13(11(2)18-17-10)15(21)14-9-16-19-20(14)12-6-4-3-5-7-12/h3-9,15,21H,1-2H3. The van der Waals surface area contributed by atoms with Gasteiger partial charge < -0.3 is 5.11 Å². The minimum Gasteiger partial charge on any atom is -0.382 e. The molecule has 0 amide bonds. The Balaban J connectivity index is 2.06. The number of aliphatic hydroxyl groups excluding tert-OH is 1. The zero-order chi connectivity index (χ0) is 14.8. The van der Waals surface area contributed by atoms with Gasteiger partial charge in [-0.05, 0) is 32.0 Å². The number of aryl methyl sites for hydroxylation is 2. The van der Waals surface area contributed by atoms with Gasteiger partial charge in [-0.25, -0.2) is 4.68 Å². The first-order valence-corrected chi connectivity index (χ1v) is 6.61. The number of rotatable bonds is 3. The van der Waals surface area contributed by atoms with Crippen molar-refractivity contribution < 1.29 is 5.11 Å². The lowest BCUT2D eigenvalue weighted by Gasteiger charge is -2.14. The van der Waals surface area contributed by atoms with Gasteiger partial charge in [0.25, 0.3) is 0 Å². The summed E-state index contributed by atoms with van der Waals surface area (Å²) in [5.74, 6) is 0. The summed E-state index contributed by atoms with van der Waals surface area (Å²) >= 11 is 0. The quantitative estimate of drug-likeness (QED) is 0.791. The number of para-hydroxylation sites is 1. The first-order chi connectivity index (χ1) is 10.2. The Labute approximate surface area is 122 Å². The fourth-order valence-corrected chi connectivity index (χ4v) is 2.21. The van der Waals surface area contributed by atoms with Crippen LogP contribution in [-0.4, -0.2) is 30.3 Å². The molecule has 2 aromatic heterocycles. The van der Waals surface area contributed by atoms with E-state index in [4.69, 9.17) is 0 Å². The second-order valence-corrected chi connectivity index (χ2v) is 4.84. The number of benzene rings is 1. The molecule has 6 nitrogen and oxygen atoms in total. The Bertz CT molecular complexity index is 754. The molecule has 6 heteroatoms. The van der Waals surface area contributed by atoms with Crippen LogP contribution in [0.3, 0.4) is 0 Å². The van der Waals surface area contributed by atoms with E-state index in [0.717, 1.165) is 11.4 Å². The van der Waals surface area contributed by atoms with Gasteiger partial charge >= 0.3 is 0 Å². The monoisotopic (exact) mass is 281 g/mol. The molecule has 106 valence electrons. The van der Waals surface area contributed by atoms with Crippen LogP contribution in [0.2, 0.25) is 0 Å². The lowest BCUT2D eigenvalue weighted by Crippen LogP contribution is -2.11. The van der Waals surface area contributed by atoms with Gasteiger partial charge in [-0.15, -0.1) is 5.10 Å². The lowest BCUT2D eigenvalue weighted by atomic mass is 10.1. The van der Waals surface area contributed by atoms with E-state index < -0.39 is 6.10 Å². The van der Waals surface area contributed by atoms with Crippen LogP contribution in [0.15, 0.2) is 42.6 Å². The van der Waals surface area contributed by atoms with Gasteiger partial charge in [0, 0.05) is 5.56 Å². The maximum Gasteiger partial charge on any atom is 0.125 e. The summed E-state index contributed by atoms with van der Waals surface area (Å²) in [5.41, 5.74) is 3.60. The highest BCUT2D eigenvalue weighted by Gasteiger charge is 2.20. The Morgan fingerprint density at radius 2 is 1.86 bits per heavy atom. The summed E-state index contributed by atoms with van der Waals surface area (Å²) in [7, 11) is 0. The lowest BCUT2D eigenvalue weighted by molar-refractivity contribution is 0.210. The van der Waals surface area contributed by atoms with Crippen molar-refractivity contribution in [3.63, 3.8) is 0 Å². The fraction of sp³-hybridized carbons (Fsp3) is 0.200. The SMILES string of the molecule is Cc1cc(C(O)c2cnnn2-c2ccccc2)c(C)nn1. The zero-order valence-corrected chi connectivity index (χ0v) is 11.8. The highest BCUT2D eigenvalue weighted by molar-refractivity contribution is 5.35. The van der Waals surface area contributed by atoms with E-state index >= 15 is 0 Å². The van der Waals surface area contributed by atoms with E-state index in [1.807, 2.05) is 50.2 Å². The molecule has 3 rings (SSSR count). The van der Waals surface area contributed by atoms with Crippen LogP contribution in [0, 0.1) is 13.8 Å². The second-order valence-electron chi connectivity index (χ2n) is 4.84. The molecule has 1 N–H and O–H groups in total. The zero-order valence-electron chi connectivity index (χ0n) is 11.8. The first kappa shape index (κ1) is 13.4. The van der Waals surface area contributed by atoms with Gasteiger partial charge in [0.2, 0.25) is 0 Å². The summed E-state index contributed by atoms with van der Waals surface area (Å²) in [6.07, 6.45) is 0.710. The molecule has 1 unspecified atom stereocenters. The molecule has 1 atom stereocenters. The molecule has 1 aromatic carbocycles. The van der Waals surface area contributed by atoms with E-state index in [0.29, 0.717) is 17.0 Å². The number of nitrogens with zero attached hydrogens (tertiary/aromatic N) is 5. The topological polar surface area (TPSA) is 76.7 Å². The van der Waals surface area contributed by atoms with Crippen molar-refractivity contribution in [2.75, 3.05) is 0 Å². The van der Waals surface area contributed by atoms with E-state index in [9.17, 15) is 5.11 Å². The average molecular weight is 281 g/mol. The molecule has 0 aliphatic carbocycles. The number of aromatic nitrogens is 5. The second kappa shape index (κ2) is 5.41. The van der Waals surface area contributed by atoms with Crippen molar-refractivity contribution in [1.29, 1.82) is 0 Å². The Hall–Kier alpha value is -2.60. The number of aliphatic hydroxyl groups is 1. The van der Waals surface area contributed by atoms with E-state index in [-0.39, 0.29) is 0 Å². The molecule has 2 heterocycles. The minimum absolute atomic E-state index is 0.594. The molecule has 21 heavy (non-hydrogen) atoms. The molecular formula is C15H15N5O. The van der Waals surface area contributed by atoms with Crippen molar-refractivity contribution >= 4 is 0 Å². The summed E-state index contributed by atoms with van der Waals surface area (Å²) in [6, 6.07) is 11.4. The van der Waals surface area contributed by atoms with Gasteiger partial charge in [-0.1, -0.05) is 23.4 Å². The van der Waals surface area contributed by atoms with Crippen LogP contribution in [0.5, 0.6) is 0 Å². The predicted molar refractivity (Wildman–Crippen MR) is 76.9 cm³/mol. The van der Waals surface area contributed by atoms with Crippen LogP contribution in [-0.2, 0) is 0 Å². The predicted octanol–water partition coefficient (Wildman–Crippen LogP) is 1.76. The molecule has 0 radical (unpaired) electrons. The van der Waals surface area contributed by atoms with E-state index in [1.165, 1.54) is 0 Å². The van der Waals surface area contributed by atoms with Crippen LogP contribution >= 0.6 is 0 Å².